The molecule has 14 heavy (non-hydrogen) atoms. The van der Waals surface area contributed by atoms with Crippen molar-refractivity contribution in [1.82, 2.24) is 9.13 Å². The smallest absolute Gasteiger partial charge is 0.299 e. The number of alkyl halides is 1. The molecule has 0 aromatic carbocycles. The number of nitriles is 1. The van der Waals surface area contributed by atoms with Crippen molar-refractivity contribution in [2.24, 2.45) is 0 Å². The molecule has 0 N–H and O–H groups in total. The van der Waals surface area contributed by atoms with Gasteiger partial charge in [-0.3, -0.25) is 9.13 Å². The molecule has 0 radical (unpaired) electrons. The van der Waals surface area contributed by atoms with Crippen LogP contribution in [-0.2, 0) is 13.1 Å². The highest BCUT2D eigenvalue weighted by Gasteiger charge is 2.07. The predicted octanol–water partition coefficient (Wildman–Crippen LogP) is 1.19. The van der Waals surface area contributed by atoms with Crippen molar-refractivity contribution in [3.8, 4) is 6.07 Å². The first kappa shape index (κ1) is 10.9. The van der Waals surface area contributed by atoms with E-state index >= 15 is 0 Å². The lowest BCUT2D eigenvalue weighted by Crippen LogP contribution is -2.26. The normalized spacial score (nSPS) is 12.4. The maximum absolute atomic E-state index is 11.6. The predicted molar refractivity (Wildman–Crippen MR) is 54.2 cm³/mol. The summed E-state index contributed by atoms with van der Waals surface area (Å²) in [6.07, 6.45) is 4.28. The van der Waals surface area contributed by atoms with E-state index in [0.29, 0.717) is 6.54 Å². The molecule has 0 spiro atoms. The summed E-state index contributed by atoms with van der Waals surface area (Å²) in [5.74, 6) is 0. The fourth-order valence-corrected chi connectivity index (χ4v) is 1.37. The van der Waals surface area contributed by atoms with Gasteiger partial charge in [0.15, 0.2) is 0 Å². The Balaban J connectivity index is 2.81. The first-order valence-electron chi connectivity index (χ1n) is 4.48. The molecule has 0 aliphatic heterocycles. The van der Waals surface area contributed by atoms with E-state index in [1.54, 1.807) is 17.0 Å². The summed E-state index contributed by atoms with van der Waals surface area (Å²) >= 11 is 5.63. The molecule has 0 amide bonds. The molecule has 0 aliphatic carbocycles. The van der Waals surface area contributed by atoms with Gasteiger partial charge in [0.05, 0.1) is 12.6 Å². The van der Waals surface area contributed by atoms with Crippen LogP contribution >= 0.6 is 11.6 Å². The summed E-state index contributed by atoms with van der Waals surface area (Å²) in [4.78, 5) is 11.6. The van der Waals surface area contributed by atoms with Gasteiger partial charge in [-0.1, -0.05) is 6.92 Å². The minimum atomic E-state index is -0.648. The van der Waals surface area contributed by atoms with Gasteiger partial charge in [0.25, 0.3) is 0 Å². The molecule has 4 nitrogen and oxygen atoms in total. The molecule has 5 heteroatoms. The number of halogens is 1. The van der Waals surface area contributed by atoms with Crippen molar-refractivity contribution in [2.75, 3.05) is 0 Å². The van der Waals surface area contributed by atoms with Crippen LogP contribution in [0.4, 0.5) is 0 Å². The van der Waals surface area contributed by atoms with Crippen molar-refractivity contribution in [3.05, 3.63) is 22.9 Å². The average Bonchev–Trinajstić information content (AvgIpc) is 2.50. The molecular formula is C9H12ClN3O. The molecule has 1 unspecified atom stereocenters. The molecule has 0 bridgehead atoms. The van der Waals surface area contributed by atoms with Gasteiger partial charge >= 0.3 is 5.69 Å². The summed E-state index contributed by atoms with van der Waals surface area (Å²) in [6, 6.07) is 1.88. The molecular weight excluding hydrogens is 202 g/mol. The topological polar surface area (TPSA) is 50.7 Å². The molecule has 1 aromatic heterocycles. The molecule has 76 valence electrons. The quantitative estimate of drug-likeness (QED) is 0.706. The van der Waals surface area contributed by atoms with Gasteiger partial charge in [0, 0.05) is 18.9 Å². The van der Waals surface area contributed by atoms with Crippen molar-refractivity contribution in [1.29, 1.82) is 5.26 Å². The van der Waals surface area contributed by atoms with Crippen LogP contribution in [0.1, 0.15) is 13.3 Å². The zero-order chi connectivity index (χ0) is 10.6. The third-order valence-electron chi connectivity index (χ3n) is 1.88. The highest BCUT2D eigenvalue weighted by molar-refractivity contribution is 6.22. The number of aryl methyl sites for hydroxylation is 1. The summed E-state index contributed by atoms with van der Waals surface area (Å²) in [5.41, 5.74) is -0.104. The Morgan fingerprint density at radius 3 is 2.79 bits per heavy atom. The Hall–Kier alpha value is -1.21. The maximum Gasteiger partial charge on any atom is 0.328 e. The largest absolute Gasteiger partial charge is 0.328 e. The zero-order valence-corrected chi connectivity index (χ0v) is 8.74. The molecule has 0 saturated heterocycles. The molecule has 1 rings (SSSR count). The highest BCUT2D eigenvalue weighted by atomic mass is 35.5. The van der Waals surface area contributed by atoms with Crippen LogP contribution in [0.5, 0.6) is 0 Å². The third-order valence-corrected chi connectivity index (χ3v) is 2.12. The summed E-state index contributed by atoms with van der Waals surface area (Å²) < 4.78 is 3.07. The van der Waals surface area contributed by atoms with Crippen molar-refractivity contribution in [3.63, 3.8) is 0 Å². The number of hydrogen-bond donors (Lipinski definition) is 0. The Kier molecular flexibility index (Phi) is 3.78. The van der Waals surface area contributed by atoms with Gasteiger partial charge < -0.3 is 0 Å². The van der Waals surface area contributed by atoms with E-state index in [1.165, 1.54) is 4.57 Å². The van der Waals surface area contributed by atoms with Crippen LogP contribution in [0.2, 0.25) is 0 Å². The first-order valence-corrected chi connectivity index (χ1v) is 4.92. The van der Waals surface area contributed by atoms with E-state index < -0.39 is 5.38 Å². The Bertz CT molecular complexity index is 387. The van der Waals surface area contributed by atoms with E-state index in [9.17, 15) is 4.79 Å². The molecule has 1 aromatic rings. The molecule has 1 heterocycles. The summed E-state index contributed by atoms with van der Waals surface area (Å²) in [7, 11) is 0. The standard InChI is InChI=1S/C9H12ClN3O/c1-2-3-12-4-5-13(9(12)14)7-8(10)6-11/h4-5,8H,2-3,7H2,1H3. The van der Waals surface area contributed by atoms with E-state index in [4.69, 9.17) is 16.9 Å². The molecule has 0 fully saturated rings. The van der Waals surface area contributed by atoms with Gasteiger partial charge in [-0.25, -0.2) is 4.79 Å². The van der Waals surface area contributed by atoms with Crippen LogP contribution in [0, 0.1) is 11.3 Å². The Morgan fingerprint density at radius 1 is 1.57 bits per heavy atom. The van der Waals surface area contributed by atoms with Gasteiger partial charge in [0.2, 0.25) is 0 Å². The van der Waals surface area contributed by atoms with Crippen LogP contribution in [-0.4, -0.2) is 14.5 Å². The van der Waals surface area contributed by atoms with Gasteiger partial charge in [-0.2, -0.15) is 5.26 Å². The number of aromatic nitrogens is 2. The fraction of sp³-hybridized carbons (Fsp3) is 0.556. The average molecular weight is 214 g/mol. The third kappa shape index (κ3) is 2.39. The molecule has 0 saturated carbocycles. The van der Waals surface area contributed by atoms with Gasteiger partial charge in [0.1, 0.15) is 5.38 Å². The van der Waals surface area contributed by atoms with Crippen molar-refractivity contribution >= 4 is 11.6 Å². The molecule has 0 aliphatic rings. The van der Waals surface area contributed by atoms with Crippen molar-refractivity contribution in [2.45, 2.75) is 31.8 Å². The lowest BCUT2D eigenvalue weighted by molar-refractivity contribution is 0.608. The van der Waals surface area contributed by atoms with E-state index in [0.717, 1.165) is 6.42 Å². The lowest BCUT2D eigenvalue weighted by Gasteiger charge is -2.00. The highest BCUT2D eigenvalue weighted by Crippen LogP contribution is 1.97. The number of hydrogen-bond acceptors (Lipinski definition) is 2. The zero-order valence-electron chi connectivity index (χ0n) is 7.98. The number of nitrogens with zero attached hydrogens (tertiary/aromatic N) is 3. The van der Waals surface area contributed by atoms with Gasteiger partial charge in [-0.05, 0) is 6.42 Å². The fourth-order valence-electron chi connectivity index (χ4n) is 1.22. The minimum Gasteiger partial charge on any atom is -0.299 e. The van der Waals surface area contributed by atoms with Crippen molar-refractivity contribution < 1.29 is 0 Å². The van der Waals surface area contributed by atoms with Crippen LogP contribution < -0.4 is 5.69 Å². The first-order chi connectivity index (χ1) is 6.69. The summed E-state index contributed by atoms with van der Waals surface area (Å²) in [5, 5.41) is 7.85. The Labute approximate surface area is 87.3 Å². The Morgan fingerprint density at radius 2 is 2.21 bits per heavy atom. The van der Waals surface area contributed by atoms with E-state index in [1.807, 2.05) is 13.0 Å². The second-order valence-electron chi connectivity index (χ2n) is 3.02. The minimum absolute atomic E-state index is 0.104. The summed E-state index contributed by atoms with van der Waals surface area (Å²) in [6.45, 7) is 2.95. The van der Waals surface area contributed by atoms with Gasteiger partial charge in [-0.15, -0.1) is 11.6 Å². The monoisotopic (exact) mass is 213 g/mol. The molecule has 1 atom stereocenters. The lowest BCUT2D eigenvalue weighted by atomic mass is 10.4. The van der Waals surface area contributed by atoms with E-state index in [-0.39, 0.29) is 12.2 Å². The van der Waals surface area contributed by atoms with Crippen LogP contribution in [0.15, 0.2) is 17.2 Å². The van der Waals surface area contributed by atoms with E-state index in [2.05, 4.69) is 0 Å². The maximum atomic E-state index is 11.6. The second-order valence-corrected chi connectivity index (χ2v) is 3.55. The second kappa shape index (κ2) is 4.87. The van der Waals surface area contributed by atoms with Crippen LogP contribution in [0.3, 0.4) is 0 Å². The number of imidazole rings is 1. The number of rotatable bonds is 4. The van der Waals surface area contributed by atoms with Crippen LogP contribution in [0.25, 0.3) is 0 Å². The SMILES string of the molecule is CCCn1ccn(CC(Cl)C#N)c1=O.